The zero-order chi connectivity index (χ0) is 15.1. The van der Waals surface area contributed by atoms with Gasteiger partial charge in [-0.05, 0) is 25.1 Å². The third-order valence-corrected chi connectivity index (χ3v) is 4.61. The highest BCUT2D eigenvalue weighted by Crippen LogP contribution is 2.26. The minimum atomic E-state index is 0.922. The third kappa shape index (κ3) is 4.51. The maximum Gasteiger partial charge on any atom is 0.185 e. The number of anilines is 1. The van der Waals surface area contributed by atoms with Gasteiger partial charge in [0.2, 0.25) is 0 Å². The van der Waals surface area contributed by atoms with Crippen LogP contribution < -0.4 is 10.2 Å². The summed E-state index contributed by atoms with van der Waals surface area (Å²) >= 11 is 1.80. The van der Waals surface area contributed by atoms with Crippen molar-refractivity contribution in [2.24, 2.45) is 0 Å². The van der Waals surface area contributed by atoms with Gasteiger partial charge in [-0.3, -0.25) is 4.98 Å². The normalized spacial score (nSPS) is 10.8. The Hall–Kier alpha value is -1.46. The van der Waals surface area contributed by atoms with E-state index in [1.807, 2.05) is 18.3 Å². The van der Waals surface area contributed by atoms with E-state index in [1.54, 1.807) is 11.3 Å². The van der Waals surface area contributed by atoms with E-state index in [-0.39, 0.29) is 0 Å². The Morgan fingerprint density at radius 3 is 2.81 bits per heavy atom. The Bertz CT molecular complexity index is 538. The van der Waals surface area contributed by atoms with E-state index in [0.29, 0.717) is 0 Å². The number of aryl methyl sites for hydroxylation is 1. The SMILES string of the molecule is CCNCc1sc(N(C)CCc2ccccn2)nc1CC. The van der Waals surface area contributed by atoms with Crippen LogP contribution in [-0.2, 0) is 19.4 Å². The number of aromatic nitrogens is 2. The van der Waals surface area contributed by atoms with Gasteiger partial charge >= 0.3 is 0 Å². The van der Waals surface area contributed by atoms with Gasteiger partial charge in [0.15, 0.2) is 5.13 Å². The molecular weight excluding hydrogens is 280 g/mol. The van der Waals surface area contributed by atoms with E-state index in [0.717, 1.165) is 43.3 Å². The Morgan fingerprint density at radius 1 is 1.29 bits per heavy atom. The summed E-state index contributed by atoms with van der Waals surface area (Å²) in [5.74, 6) is 0. The molecule has 0 amide bonds. The van der Waals surface area contributed by atoms with Crippen LogP contribution in [0.1, 0.15) is 30.1 Å². The second-order valence-corrected chi connectivity index (χ2v) is 6.05. The number of nitrogens with zero attached hydrogens (tertiary/aromatic N) is 3. The Labute approximate surface area is 131 Å². The molecule has 4 nitrogen and oxygen atoms in total. The highest BCUT2D eigenvalue weighted by molar-refractivity contribution is 7.15. The van der Waals surface area contributed by atoms with E-state index in [2.05, 4.69) is 42.2 Å². The zero-order valence-corrected chi connectivity index (χ0v) is 13.9. The Morgan fingerprint density at radius 2 is 2.14 bits per heavy atom. The van der Waals surface area contributed by atoms with Crippen LogP contribution in [0.2, 0.25) is 0 Å². The molecule has 0 bridgehead atoms. The molecule has 2 aromatic heterocycles. The van der Waals surface area contributed by atoms with Gasteiger partial charge in [-0.15, -0.1) is 11.3 Å². The molecule has 1 N–H and O–H groups in total. The third-order valence-electron chi connectivity index (χ3n) is 3.39. The summed E-state index contributed by atoms with van der Waals surface area (Å²) in [6, 6.07) is 6.06. The molecule has 0 radical (unpaired) electrons. The molecule has 0 saturated carbocycles. The van der Waals surface area contributed by atoms with Crippen LogP contribution in [0, 0.1) is 0 Å². The fraction of sp³-hybridized carbons (Fsp3) is 0.500. The van der Waals surface area contributed by atoms with Crippen molar-refractivity contribution in [2.75, 3.05) is 25.0 Å². The van der Waals surface area contributed by atoms with Gasteiger partial charge in [-0.2, -0.15) is 0 Å². The standard InChI is InChI=1S/C16H24N4S/c1-4-14-15(12-17-5-2)21-16(19-14)20(3)11-9-13-8-6-7-10-18-13/h6-8,10,17H,4-5,9,11-12H2,1-3H3. The first-order chi connectivity index (χ1) is 10.2. The Balaban J connectivity index is 1.98. The van der Waals surface area contributed by atoms with Gasteiger partial charge in [0.05, 0.1) is 5.69 Å². The van der Waals surface area contributed by atoms with E-state index < -0.39 is 0 Å². The fourth-order valence-corrected chi connectivity index (χ4v) is 3.22. The molecule has 5 heteroatoms. The second kappa shape index (κ2) is 8.10. The summed E-state index contributed by atoms with van der Waals surface area (Å²) in [7, 11) is 2.11. The van der Waals surface area contributed by atoms with Crippen molar-refractivity contribution < 1.29 is 0 Å². The molecule has 2 heterocycles. The van der Waals surface area contributed by atoms with Crippen LogP contribution >= 0.6 is 11.3 Å². The smallest absolute Gasteiger partial charge is 0.185 e. The van der Waals surface area contributed by atoms with Gasteiger partial charge in [-0.25, -0.2) is 4.98 Å². The lowest BCUT2D eigenvalue weighted by atomic mass is 10.2. The van der Waals surface area contributed by atoms with Gasteiger partial charge in [0.25, 0.3) is 0 Å². The molecule has 2 aromatic rings. The predicted octanol–water partition coefficient (Wildman–Crippen LogP) is 2.89. The summed E-state index contributed by atoms with van der Waals surface area (Å²) in [4.78, 5) is 12.7. The monoisotopic (exact) mass is 304 g/mol. The first-order valence-electron chi connectivity index (χ1n) is 7.54. The minimum absolute atomic E-state index is 0.922. The lowest BCUT2D eigenvalue weighted by Gasteiger charge is -2.15. The maximum absolute atomic E-state index is 4.78. The van der Waals surface area contributed by atoms with Gasteiger partial charge in [0, 0.05) is 43.3 Å². The minimum Gasteiger partial charge on any atom is -0.351 e. The number of pyridine rings is 1. The number of nitrogens with one attached hydrogen (secondary N) is 1. The average molecular weight is 304 g/mol. The number of hydrogen-bond acceptors (Lipinski definition) is 5. The van der Waals surface area contributed by atoms with E-state index in [4.69, 9.17) is 4.98 Å². The van der Waals surface area contributed by atoms with Crippen LogP contribution in [0.15, 0.2) is 24.4 Å². The zero-order valence-electron chi connectivity index (χ0n) is 13.1. The molecule has 0 spiro atoms. The molecule has 0 aliphatic carbocycles. The summed E-state index contributed by atoms with van der Waals surface area (Å²) in [5, 5.41) is 4.50. The molecule has 0 aromatic carbocycles. The van der Waals surface area contributed by atoms with Crippen LogP contribution in [0.5, 0.6) is 0 Å². The molecule has 0 saturated heterocycles. The quantitative estimate of drug-likeness (QED) is 0.814. The molecule has 114 valence electrons. The molecule has 2 rings (SSSR count). The number of rotatable bonds is 8. The molecule has 0 unspecified atom stereocenters. The largest absolute Gasteiger partial charge is 0.351 e. The number of thiazole rings is 1. The number of hydrogen-bond donors (Lipinski definition) is 1. The topological polar surface area (TPSA) is 41.0 Å². The lowest BCUT2D eigenvalue weighted by Crippen LogP contribution is -2.20. The second-order valence-electron chi connectivity index (χ2n) is 4.99. The van der Waals surface area contributed by atoms with Crippen LogP contribution in [0.4, 0.5) is 5.13 Å². The highest BCUT2D eigenvalue weighted by atomic mass is 32.1. The van der Waals surface area contributed by atoms with E-state index in [1.165, 1.54) is 10.6 Å². The van der Waals surface area contributed by atoms with Crippen molar-refractivity contribution >= 4 is 16.5 Å². The van der Waals surface area contributed by atoms with Crippen LogP contribution in [-0.4, -0.2) is 30.1 Å². The van der Waals surface area contributed by atoms with Crippen molar-refractivity contribution in [1.82, 2.24) is 15.3 Å². The lowest BCUT2D eigenvalue weighted by molar-refractivity contribution is 0.727. The summed E-state index contributed by atoms with van der Waals surface area (Å²) in [5.41, 5.74) is 2.35. The van der Waals surface area contributed by atoms with Crippen molar-refractivity contribution in [1.29, 1.82) is 0 Å². The summed E-state index contributed by atoms with van der Waals surface area (Å²) in [6.07, 6.45) is 3.79. The molecule has 0 fully saturated rings. The highest BCUT2D eigenvalue weighted by Gasteiger charge is 2.12. The van der Waals surface area contributed by atoms with E-state index in [9.17, 15) is 0 Å². The van der Waals surface area contributed by atoms with Crippen molar-refractivity contribution in [2.45, 2.75) is 33.2 Å². The maximum atomic E-state index is 4.78. The first kappa shape index (κ1) is 15.9. The van der Waals surface area contributed by atoms with E-state index >= 15 is 0 Å². The first-order valence-corrected chi connectivity index (χ1v) is 8.36. The summed E-state index contributed by atoms with van der Waals surface area (Å²) in [6.45, 7) is 7.15. The van der Waals surface area contributed by atoms with Crippen molar-refractivity contribution in [3.63, 3.8) is 0 Å². The van der Waals surface area contributed by atoms with Crippen molar-refractivity contribution in [3.8, 4) is 0 Å². The fourth-order valence-electron chi connectivity index (χ4n) is 2.11. The van der Waals surface area contributed by atoms with Crippen LogP contribution in [0.3, 0.4) is 0 Å². The van der Waals surface area contributed by atoms with Gasteiger partial charge < -0.3 is 10.2 Å². The Kier molecular flexibility index (Phi) is 6.14. The molecule has 0 aliphatic heterocycles. The predicted molar refractivity (Wildman–Crippen MR) is 90.1 cm³/mol. The summed E-state index contributed by atoms with van der Waals surface area (Å²) < 4.78 is 0. The van der Waals surface area contributed by atoms with Crippen molar-refractivity contribution in [3.05, 3.63) is 40.7 Å². The molecule has 0 atom stereocenters. The molecule has 0 aliphatic rings. The molecule has 21 heavy (non-hydrogen) atoms. The molecular formula is C16H24N4S. The number of likely N-dealkylation sites (N-methyl/N-ethyl adjacent to an activating group) is 1. The van der Waals surface area contributed by atoms with Gasteiger partial charge in [-0.1, -0.05) is 19.9 Å². The van der Waals surface area contributed by atoms with Crippen LogP contribution in [0.25, 0.3) is 0 Å². The average Bonchev–Trinajstić information content (AvgIpc) is 2.95. The van der Waals surface area contributed by atoms with Gasteiger partial charge in [0.1, 0.15) is 0 Å².